The number of carbonyl (C=O) groups is 3. The first kappa shape index (κ1) is 16.7. The van der Waals surface area contributed by atoms with Crippen molar-refractivity contribution in [2.75, 3.05) is 17.7 Å². The summed E-state index contributed by atoms with van der Waals surface area (Å²) in [6, 6.07) is 14.2. The van der Waals surface area contributed by atoms with Crippen molar-refractivity contribution in [1.29, 1.82) is 5.26 Å². The predicted octanol–water partition coefficient (Wildman–Crippen LogP) is 1.92. The van der Waals surface area contributed by atoms with Crippen LogP contribution in [0.3, 0.4) is 0 Å². The van der Waals surface area contributed by atoms with Crippen LogP contribution in [0.5, 0.6) is 0 Å². The highest BCUT2D eigenvalue weighted by Gasteiger charge is 2.18. The standard InChI is InChI=1S/C17H13N3O4/c1-24-17(23)13-7-2-3-8-14(13)20-16(22)15(21)19-12-6-4-5-11(9-12)10-18/h2-9H,1H3,(H,19,21)(H,20,22). The number of esters is 1. The number of rotatable bonds is 3. The first-order valence-electron chi connectivity index (χ1n) is 6.85. The molecule has 0 radical (unpaired) electrons. The van der Waals surface area contributed by atoms with Crippen molar-refractivity contribution >= 4 is 29.2 Å². The minimum absolute atomic E-state index is 0.132. The Bertz CT molecular complexity index is 840. The summed E-state index contributed by atoms with van der Waals surface area (Å²) < 4.78 is 4.62. The zero-order valence-electron chi connectivity index (χ0n) is 12.7. The monoisotopic (exact) mass is 323 g/mol. The summed E-state index contributed by atoms with van der Waals surface area (Å²) >= 11 is 0. The highest BCUT2D eigenvalue weighted by atomic mass is 16.5. The molecule has 0 spiro atoms. The molecule has 2 aromatic rings. The van der Waals surface area contributed by atoms with Crippen molar-refractivity contribution in [1.82, 2.24) is 0 Å². The summed E-state index contributed by atoms with van der Waals surface area (Å²) in [7, 11) is 1.22. The molecule has 120 valence electrons. The van der Waals surface area contributed by atoms with Crippen molar-refractivity contribution < 1.29 is 19.1 Å². The van der Waals surface area contributed by atoms with Crippen LogP contribution in [0.1, 0.15) is 15.9 Å². The van der Waals surface area contributed by atoms with Gasteiger partial charge in [0.2, 0.25) is 0 Å². The van der Waals surface area contributed by atoms with E-state index in [1.807, 2.05) is 6.07 Å². The van der Waals surface area contributed by atoms with Gasteiger partial charge in [0, 0.05) is 5.69 Å². The maximum atomic E-state index is 12.0. The van der Waals surface area contributed by atoms with E-state index in [-0.39, 0.29) is 11.3 Å². The van der Waals surface area contributed by atoms with Gasteiger partial charge in [-0.25, -0.2) is 4.79 Å². The molecule has 2 rings (SSSR count). The van der Waals surface area contributed by atoms with E-state index in [4.69, 9.17) is 5.26 Å². The number of para-hydroxylation sites is 1. The van der Waals surface area contributed by atoms with E-state index in [1.54, 1.807) is 30.3 Å². The Morgan fingerprint density at radius 1 is 1.00 bits per heavy atom. The summed E-state index contributed by atoms with van der Waals surface area (Å²) in [6.45, 7) is 0. The van der Waals surface area contributed by atoms with E-state index in [9.17, 15) is 14.4 Å². The molecule has 0 heterocycles. The van der Waals surface area contributed by atoms with Crippen molar-refractivity contribution in [2.24, 2.45) is 0 Å². The van der Waals surface area contributed by atoms with Gasteiger partial charge in [0.1, 0.15) is 0 Å². The van der Waals surface area contributed by atoms with Gasteiger partial charge in [-0.2, -0.15) is 5.26 Å². The molecule has 0 aliphatic rings. The summed E-state index contributed by atoms with van der Waals surface area (Å²) in [4.78, 5) is 35.6. The molecule has 7 nitrogen and oxygen atoms in total. The molecule has 0 aromatic heterocycles. The first-order valence-corrected chi connectivity index (χ1v) is 6.85. The normalized spacial score (nSPS) is 9.50. The van der Waals surface area contributed by atoms with Gasteiger partial charge in [-0.1, -0.05) is 18.2 Å². The average Bonchev–Trinajstić information content (AvgIpc) is 2.61. The van der Waals surface area contributed by atoms with Crippen molar-refractivity contribution in [3.8, 4) is 6.07 Å². The second-order valence-corrected chi connectivity index (χ2v) is 4.64. The fourth-order valence-corrected chi connectivity index (χ4v) is 1.91. The van der Waals surface area contributed by atoms with E-state index in [0.29, 0.717) is 11.3 Å². The minimum atomic E-state index is -0.950. The molecule has 0 fully saturated rings. The molecular formula is C17H13N3O4. The first-order chi connectivity index (χ1) is 11.5. The molecular weight excluding hydrogens is 310 g/mol. The van der Waals surface area contributed by atoms with Crippen LogP contribution in [0.4, 0.5) is 11.4 Å². The van der Waals surface area contributed by atoms with Crippen LogP contribution in [0.15, 0.2) is 48.5 Å². The van der Waals surface area contributed by atoms with Crippen molar-refractivity contribution in [2.45, 2.75) is 0 Å². The fraction of sp³-hybridized carbons (Fsp3) is 0.0588. The zero-order chi connectivity index (χ0) is 17.5. The molecule has 0 bridgehead atoms. The Morgan fingerprint density at radius 3 is 2.42 bits per heavy atom. The van der Waals surface area contributed by atoms with Crippen molar-refractivity contribution in [3.63, 3.8) is 0 Å². The van der Waals surface area contributed by atoms with E-state index < -0.39 is 17.8 Å². The number of carbonyl (C=O) groups excluding carboxylic acids is 3. The predicted molar refractivity (Wildman–Crippen MR) is 86.2 cm³/mol. The summed E-state index contributed by atoms with van der Waals surface area (Å²) in [5.74, 6) is -2.51. The lowest BCUT2D eigenvalue weighted by atomic mass is 10.2. The highest BCUT2D eigenvalue weighted by Crippen LogP contribution is 2.16. The molecule has 0 atom stereocenters. The lowest BCUT2D eigenvalue weighted by Crippen LogP contribution is -2.29. The maximum absolute atomic E-state index is 12.0. The van der Waals surface area contributed by atoms with Gasteiger partial charge >= 0.3 is 17.8 Å². The lowest BCUT2D eigenvalue weighted by molar-refractivity contribution is -0.133. The number of amides is 2. The Labute approximate surface area is 137 Å². The molecule has 7 heteroatoms. The second kappa shape index (κ2) is 7.56. The molecule has 0 saturated carbocycles. The van der Waals surface area contributed by atoms with Gasteiger partial charge in [0.05, 0.1) is 30.0 Å². The SMILES string of the molecule is COC(=O)c1ccccc1NC(=O)C(=O)Nc1cccc(C#N)c1. The van der Waals surface area contributed by atoms with E-state index in [2.05, 4.69) is 15.4 Å². The topological polar surface area (TPSA) is 108 Å². The van der Waals surface area contributed by atoms with E-state index >= 15 is 0 Å². The lowest BCUT2D eigenvalue weighted by Gasteiger charge is -2.10. The Morgan fingerprint density at radius 2 is 1.71 bits per heavy atom. The number of hydrogen-bond acceptors (Lipinski definition) is 5. The van der Waals surface area contributed by atoms with Gasteiger partial charge in [-0.3, -0.25) is 9.59 Å². The van der Waals surface area contributed by atoms with Crippen LogP contribution in [0.2, 0.25) is 0 Å². The van der Waals surface area contributed by atoms with Gasteiger partial charge in [-0.15, -0.1) is 0 Å². The number of nitrogens with one attached hydrogen (secondary N) is 2. The van der Waals surface area contributed by atoms with Crippen LogP contribution < -0.4 is 10.6 Å². The number of nitrogens with zero attached hydrogens (tertiary/aromatic N) is 1. The Kier molecular flexibility index (Phi) is 5.26. The quantitative estimate of drug-likeness (QED) is 0.662. The number of ether oxygens (including phenoxy) is 1. The van der Waals surface area contributed by atoms with Gasteiger partial charge in [0.15, 0.2) is 0 Å². The second-order valence-electron chi connectivity index (χ2n) is 4.64. The Balaban J connectivity index is 2.11. The third kappa shape index (κ3) is 3.96. The van der Waals surface area contributed by atoms with Crippen LogP contribution in [-0.4, -0.2) is 24.9 Å². The molecule has 0 aliphatic heterocycles. The largest absolute Gasteiger partial charge is 0.465 e. The van der Waals surface area contributed by atoms with Gasteiger partial charge in [-0.05, 0) is 30.3 Å². The van der Waals surface area contributed by atoms with Crippen molar-refractivity contribution in [3.05, 3.63) is 59.7 Å². The molecule has 0 aliphatic carbocycles. The number of anilines is 2. The zero-order valence-corrected chi connectivity index (χ0v) is 12.7. The summed E-state index contributed by atoms with van der Waals surface area (Å²) in [5, 5.41) is 13.6. The fourth-order valence-electron chi connectivity index (χ4n) is 1.91. The highest BCUT2D eigenvalue weighted by molar-refractivity contribution is 6.43. The summed E-state index contributed by atoms with van der Waals surface area (Å²) in [5.41, 5.74) is 0.961. The maximum Gasteiger partial charge on any atom is 0.339 e. The molecule has 2 aromatic carbocycles. The molecule has 0 saturated heterocycles. The average molecular weight is 323 g/mol. The number of benzene rings is 2. The summed E-state index contributed by atoms with van der Waals surface area (Å²) in [6.07, 6.45) is 0. The van der Waals surface area contributed by atoms with Crippen LogP contribution in [0, 0.1) is 11.3 Å². The molecule has 2 N–H and O–H groups in total. The number of methoxy groups -OCH3 is 1. The Hall–Kier alpha value is -3.66. The van der Waals surface area contributed by atoms with E-state index in [1.165, 1.54) is 25.3 Å². The number of hydrogen-bond donors (Lipinski definition) is 2. The smallest absolute Gasteiger partial charge is 0.339 e. The molecule has 0 unspecified atom stereocenters. The minimum Gasteiger partial charge on any atom is -0.465 e. The number of nitriles is 1. The van der Waals surface area contributed by atoms with Gasteiger partial charge < -0.3 is 15.4 Å². The molecule has 2 amide bonds. The van der Waals surface area contributed by atoms with E-state index in [0.717, 1.165) is 0 Å². The van der Waals surface area contributed by atoms with Crippen LogP contribution >= 0.6 is 0 Å². The molecule has 24 heavy (non-hydrogen) atoms. The third-order valence-electron chi connectivity index (χ3n) is 3.04. The van der Waals surface area contributed by atoms with Gasteiger partial charge in [0.25, 0.3) is 0 Å². The van der Waals surface area contributed by atoms with Crippen LogP contribution in [-0.2, 0) is 14.3 Å². The van der Waals surface area contributed by atoms with Crippen LogP contribution in [0.25, 0.3) is 0 Å². The third-order valence-corrected chi connectivity index (χ3v) is 3.04.